The molecule has 0 aliphatic carbocycles. The number of anilines is 1. The molecule has 1 aliphatic heterocycles. The lowest BCUT2D eigenvalue weighted by molar-refractivity contribution is -0.137. The number of amides is 2. The zero-order valence-electron chi connectivity index (χ0n) is 21.5. The molecule has 2 aromatic rings. The smallest absolute Gasteiger partial charge is 0.368 e. The number of carbonyl (C=O) groups is 2. The predicted octanol–water partition coefficient (Wildman–Crippen LogP) is 5.46. The van der Waals surface area contributed by atoms with Gasteiger partial charge in [-0.1, -0.05) is 43.1 Å². The molecular formula is C27H33Cl2F3N4O2. The molecule has 1 fully saturated rings. The zero-order chi connectivity index (χ0) is 28.0. The van der Waals surface area contributed by atoms with Crippen LogP contribution >= 0.6 is 23.2 Å². The van der Waals surface area contributed by atoms with Crippen molar-refractivity contribution in [1.82, 2.24) is 10.2 Å². The lowest BCUT2D eigenvalue weighted by Crippen LogP contribution is -2.49. The number of halogens is 5. The van der Waals surface area contributed by atoms with E-state index in [2.05, 4.69) is 5.32 Å². The molecular weight excluding hydrogens is 540 g/mol. The zero-order valence-corrected chi connectivity index (χ0v) is 23.0. The van der Waals surface area contributed by atoms with Crippen molar-refractivity contribution in [3.63, 3.8) is 0 Å². The Kier molecular flexibility index (Phi) is 10.3. The first kappa shape index (κ1) is 30.1. The molecule has 0 spiro atoms. The van der Waals surface area contributed by atoms with Crippen molar-refractivity contribution in [2.75, 3.05) is 37.6 Å². The lowest BCUT2D eigenvalue weighted by Gasteiger charge is -2.38. The molecule has 1 atom stereocenters. The normalized spacial score (nSPS) is 15.1. The van der Waals surface area contributed by atoms with Crippen LogP contribution in [0.2, 0.25) is 10.0 Å². The van der Waals surface area contributed by atoms with Gasteiger partial charge in [0.05, 0.1) is 18.2 Å². The van der Waals surface area contributed by atoms with E-state index < -0.39 is 23.7 Å². The highest BCUT2D eigenvalue weighted by Gasteiger charge is 2.33. The molecule has 0 saturated carbocycles. The van der Waals surface area contributed by atoms with Gasteiger partial charge in [-0.15, -0.1) is 0 Å². The van der Waals surface area contributed by atoms with Gasteiger partial charge in [0.15, 0.2) is 0 Å². The fourth-order valence-electron chi connectivity index (χ4n) is 4.61. The highest BCUT2D eigenvalue weighted by molar-refractivity contribution is 6.35. The van der Waals surface area contributed by atoms with Crippen LogP contribution in [0.15, 0.2) is 36.4 Å². The summed E-state index contributed by atoms with van der Waals surface area (Å²) in [5.41, 5.74) is 6.55. The summed E-state index contributed by atoms with van der Waals surface area (Å²) >= 11 is 12.2. The van der Waals surface area contributed by atoms with Crippen LogP contribution in [-0.4, -0.2) is 49.4 Å². The number of hydrogen-bond acceptors (Lipinski definition) is 4. The van der Waals surface area contributed by atoms with E-state index in [0.29, 0.717) is 60.3 Å². The van der Waals surface area contributed by atoms with E-state index in [9.17, 15) is 22.8 Å². The molecule has 0 aromatic heterocycles. The van der Waals surface area contributed by atoms with Gasteiger partial charge < -0.3 is 20.9 Å². The number of nitrogens with one attached hydrogen (secondary N) is 1. The van der Waals surface area contributed by atoms with Gasteiger partial charge in [-0.25, -0.2) is 0 Å². The average Bonchev–Trinajstić information content (AvgIpc) is 2.86. The second kappa shape index (κ2) is 13.0. The topological polar surface area (TPSA) is 78.7 Å². The number of nitrogens with two attached hydrogens (primary N) is 1. The lowest BCUT2D eigenvalue weighted by atomic mass is 9.93. The van der Waals surface area contributed by atoms with Gasteiger partial charge in [0.25, 0.3) is 0 Å². The van der Waals surface area contributed by atoms with Crippen molar-refractivity contribution in [2.24, 2.45) is 11.7 Å². The summed E-state index contributed by atoms with van der Waals surface area (Å²) in [7, 11) is 0. The second-order valence-electron chi connectivity index (χ2n) is 9.83. The van der Waals surface area contributed by atoms with E-state index >= 15 is 0 Å². The maximum atomic E-state index is 13.6. The third-order valence-electron chi connectivity index (χ3n) is 6.55. The molecule has 1 heterocycles. The molecule has 208 valence electrons. The molecule has 2 amide bonds. The summed E-state index contributed by atoms with van der Waals surface area (Å²) < 4.78 is 40.8. The van der Waals surface area contributed by atoms with E-state index in [1.807, 2.05) is 18.7 Å². The maximum Gasteiger partial charge on any atom is 0.416 e. The summed E-state index contributed by atoms with van der Waals surface area (Å²) in [5, 5.41) is 3.84. The number of benzene rings is 2. The van der Waals surface area contributed by atoms with Crippen LogP contribution in [0.4, 0.5) is 18.9 Å². The molecule has 0 unspecified atom stereocenters. The van der Waals surface area contributed by atoms with Crippen molar-refractivity contribution in [1.29, 1.82) is 0 Å². The van der Waals surface area contributed by atoms with E-state index in [1.54, 1.807) is 23.1 Å². The van der Waals surface area contributed by atoms with Gasteiger partial charge in [0.2, 0.25) is 11.8 Å². The summed E-state index contributed by atoms with van der Waals surface area (Å²) in [6.07, 6.45) is -3.30. The first-order chi connectivity index (χ1) is 17.9. The van der Waals surface area contributed by atoms with Crippen LogP contribution in [0.1, 0.15) is 49.4 Å². The summed E-state index contributed by atoms with van der Waals surface area (Å²) in [5.74, 6) is -0.337. The number of rotatable bonds is 9. The number of aryl methyl sites for hydroxylation is 1. The minimum absolute atomic E-state index is 0.0174. The van der Waals surface area contributed by atoms with Gasteiger partial charge in [0, 0.05) is 48.3 Å². The van der Waals surface area contributed by atoms with Crippen molar-refractivity contribution in [3.8, 4) is 0 Å². The first-order valence-electron chi connectivity index (χ1n) is 12.6. The van der Waals surface area contributed by atoms with E-state index in [-0.39, 0.29) is 24.8 Å². The Balaban J connectivity index is 1.76. The highest BCUT2D eigenvalue weighted by Crippen LogP contribution is 2.37. The van der Waals surface area contributed by atoms with Crippen LogP contribution in [0, 0.1) is 5.92 Å². The van der Waals surface area contributed by atoms with Crippen LogP contribution in [0.25, 0.3) is 0 Å². The van der Waals surface area contributed by atoms with Crippen LogP contribution < -0.4 is 16.0 Å². The molecule has 3 N–H and O–H groups in total. The van der Waals surface area contributed by atoms with Crippen molar-refractivity contribution >= 4 is 40.7 Å². The Morgan fingerprint density at radius 2 is 1.74 bits per heavy atom. The Bertz CT molecular complexity index is 1140. The standard InChI is InChI=1S/C27H33Cl2F3N4O2/c1-17(2)13-23(34-25(37)16-33)21-14-19(27(30,31)32)5-7-24(21)35-9-11-36(12-10-35)26(38)8-4-18-3-6-20(28)15-22(18)29/h3,5-7,14-15,17,23H,4,8-13,16,33H2,1-2H3,(H,34,37)/t23-/m0/s1. The van der Waals surface area contributed by atoms with Gasteiger partial charge in [-0.3, -0.25) is 9.59 Å². The molecule has 0 bridgehead atoms. The summed E-state index contributed by atoms with van der Waals surface area (Å²) in [6.45, 7) is 5.38. The Morgan fingerprint density at radius 1 is 1.05 bits per heavy atom. The number of nitrogens with zero attached hydrogens (tertiary/aromatic N) is 2. The van der Waals surface area contributed by atoms with Crippen LogP contribution in [-0.2, 0) is 22.2 Å². The largest absolute Gasteiger partial charge is 0.416 e. The van der Waals surface area contributed by atoms with Crippen LogP contribution in [0.3, 0.4) is 0 Å². The molecule has 2 aromatic carbocycles. The quantitative estimate of drug-likeness (QED) is 0.418. The number of alkyl halides is 3. The Labute approximate surface area is 231 Å². The summed E-state index contributed by atoms with van der Waals surface area (Å²) in [4.78, 5) is 28.7. The third-order valence-corrected chi connectivity index (χ3v) is 7.14. The molecule has 38 heavy (non-hydrogen) atoms. The monoisotopic (exact) mass is 572 g/mol. The van der Waals surface area contributed by atoms with Gasteiger partial charge >= 0.3 is 6.18 Å². The van der Waals surface area contributed by atoms with Crippen molar-refractivity contribution in [2.45, 2.75) is 45.3 Å². The molecule has 3 rings (SSSR count). The number of carbonyl (C=O) groups excluding carboxylic acids is 2. The number of piperazine rings is 1. The third kappa shape index (κ3) is 8.01. The van der Waals surface area contributed by atoms with Gasteiger partial charge in [-0.05, 0) is 60.2 Å². The molecule has 11 heteroatoms. The fraction of sp³-hybridized carbons (Fsp3) is 0.481. The molecule has 1 saturated heterocycles. The van der Waals surface area contributed by atoms with E-state index in [1.165, 1.54) is 6.07 Å². The highest BCUT2D eigenvalue weighted by atomic mass is 35.5. The average molecular weight is 573 g/mol. The molecule has 1 aliphatic rings. The minimum Gasteiger partial charge on any atom is -0.368 e. The van der Waals surface area contributed by atoms with Crippen molar-refractivity contribution < 1.29 is 22.8 Å². The molecule has 6 nitrogen and oxygen atoms in total. The Hall–Kier alpha value is -2.49. The number of hydrogen-bond donors (Lipinski definition) is 2. The van der Waals surface area contributed by atoms with E-state index in [0.717, 1.165) is 17.7 Å². The SMILES string of the molecule is CC(C)C[C@H](NC(=O)CN)c1cc(C(F)(F)F)ccc1N1CCN(C(=O)CCc2ccc(Cl)cc2Cl)CC1. The maximum absolute atomic E-state index is 13.6. The summed E-state index contributed by atoms with van der Waals surface area (Å²) in [6, 6.07) is 8.18. The van der Waals surface area contributed by atoms with E-state index in [4.69, 9.17) is 28.9 Å². The minimum atomic E-state index is -4.52. The fourth-order valence-corrected chi connectivity index (χ4v) is 5.11. The second-order valence-corrected chi connectivity index (χ2v) is 10.7. The molecule has 0 radical (unpaired) electrons. The van der Waals surface area contributed by atoms with Crippen molar-refractivity contribution in [3.05, 3.63) is 63.1 Å². The first-order valence-corrected chi connectivity index (χ1v) is 13.3. The van der Waals surface area contributed by atoms with Gasteiger partial charge in [-0.2, -0.15) is 13.2 Å². The van der Waals surface area contributed by atoms with Gasteiger partial charge in [0.1, 0.15) is 0 Å². The predicted molar refractivity (Wildman–Crippen MR) is 144 cm³/mol. The Morgan fingerprint density at radius 3 is 2.32 bits per heavy atom. The van der Waals surface area contributed by atoms with Crippen LogP contribution in [0.5, 0.6) is 0 Å².